The van der Waals surface area contributed by atoms with E-state index in [0.717, 1.165) is 31.2 Å². The minimum Gasteiger partial charge on any atom is -0.410 e. The molecule has 0 unspecified atom stereocenters. The Hall–Kier alpha value is -5.07. The van der Waals surface area contributed by atoms with Gasteiger partial charge >= 0.3 is 12.2 Å². The van der Waals surface area contributed by atoms with Gasteiger partial charge in [-0.1, -0.05) is 55.0 Å². The Morgan fingerprint density at radius 3 is 2.16 bits per heavy atom. The predicted octanol–water partition coefficient (Wildman–Crippen LogP) is 5.76. The van der Waals surface area contributed by atoms with Gasteiger partial charge in [0, 0.05) is 17.7 Å². The molecule has 10 nitrogen and oxygen atoms in total. The summed E-state index contributed by atoms with van der Waals surface area (Å²) in [5.74, 6) is -0.101. The van der Waals surface area contributed by atoms with Crippen molar-refractivity contribution in [3.63, 3.8) is 0 Å². The molecule has 0 saturated carbocycles. The summed E-state index contributed by atoms with van der Waals surface area (Å²) in [6.07, 6.45) is 1.70. The Balaban J connectivity index is 1.15. The normalized spacial score (nSPS) is 11.0. The van der Waals surface area contributed by atoms with Crippen molar-refractivity contribution in [3.8, 4) is 22.6 Å². The van der Waals surface area contributed by atoms with E-state index in [1.54, 1.807) is 54.6 Å². The van der Waals surface area contributed by atoms with E-state index in [-0.39, 0.29) is 16.5 Å². The van der Waals surface area contributed by atoms with Crippen molar-refractivity contribution in [1.29, 1.82) is 5.41 Å². The Kier molecular flexibility index (Phi) is 10.8. The molecule has 0 aromatic heterocycles. The van der Waals surface area contributed by atoms with Crippen LogP contribution in [0.15, 0.2) is 102 Å². The van der Waals surface area contributed by atoms with Crippen LogP contribution in [0.3, 0.4) is 0 Å². The lowest BCUT2D eigenvalue weighted by Crippen LogP contribution is -2.33. The Bertz CT molecular complexity index is 1730. The summed E-state index contributed by atoms with van der Waals surface area (Å²) in [5, 5.41) is 18.6. The van der Waals surface area contributed by atoms with Gasteiger partial charge in [0.25, 0.3) is 0 Å². The van der Waals surface area contributed by atoms with Crippen molar-refractivity contribution in [2.75, 3.05) is 6.54 Å². The second-order valence-corrected chi connectivity index (χ2v) is 11.3. The van der Waals surface area contributed by atoms with Crippen LogP contribution < -0.4 is 25.2 Å². The third-order valence-electron chi connectivity index (χ3n) is 6.45. The van der Waals surface area contributed by atoms with Gasteiger partial charge < -0.3 is 14.8 Å². The number of aryl methyl sites for hydroxylation is 1. The number of carbonyl (C=O) groups is 2. The maximum atomic E-state index is 13.0. The van der Waals surface area contributed by atoms with Gasteiger partial charge in [-0.25, -0.2) is 27.5 Å². The first-order valence-corrected chi connectivity index (χ1v) is 15.2. The van der Waals surface area contributed by atoms with Gasteiger partial charge in [-0.3, -0.25) is 10.7 Å². The molecular weight excluding hydrogens is 587 g/mol. The van der Waals surface area contributed by atoms with Crippen LogP contribution in [-0.2, 0) is 16.4 Å². The van der Waals surface area contributed by atoms with E-state index >= 15 is 0 Å². The van der Waals surface area contributed by atoms with Crippen LogP contribution in [0.5, 0.6) is 11.5 Å². The molecule has 44 heavy (non-hydrogen) atoms. The molecule has 0 heterocycles. The third kappa shape index (κ3) is 9.48. The van der Waals surface area contributed by atoms with Crippen LogP contribution in [0.1, 0.15) is 30.4 Å². The molecule has 0 aliphatic heterocycles. The Morgan fingerprint density at radius 1 is 0.795 bits per heavy atom. The molecule has 0 aliphatic rings. The molecule has 12 heteroatoms. The highest BCUT2D eigenvalue weighted by molar-refractivity contribution is 7.89. The van der Waals surface area contributed by atoms with Crippen molar-refractivity contribution < 1.29 is 31.9 Å². The molecule has 0 aliphatic carbocycles. The van der Waals surface area contributed by atoms with Crippen molar-refractivity contribution in [2.24, 2.45) is 5.14 Å². The van der Waals surface area contributed by atoms with Crippen LogP contribution >= 0.6 is 0 Å². The minimum absolute atomic E-state index is 0.0113. The average molecular weight is 619 g/mol. The number of hydrogen-bond acceptors (Lipinski definition) is 7. The lowest BCUT2D eigenvalue weighted by molar-refractivity contribution is 0.200. The van der Waals surface area contributed by atoms with Gasteiger partial charge in [0.1, 0.15) is 23.2 Å². The lowest BCUT2D eigenvalue weighted by Gasteiger charge is -2.10. The van der Waals surface area contributed by atoms with Crippen LogP contribution in [0, 0.1) is 11.2 Å². The number of benzene rings is 4. The number of amidine groups is 1. The zero-order valence-electron chi connectivity index (χ0n) is 23.6. The van der Waals surface area contributed by atoms with Crippen molar-refractivity contribution in [1.82, 2.24) is 10.6 Å². The number of ether oxygens (including phenoxy) is 2. The second-order valence-electron chi connectivity index (χ2n) is 9.74. The lowest BCUT2D eigenvalue weighted by atomic mass is 10.0. The summed E-state index contributed by atoms with van der Waals surface area (Å²) in [4.78, 5) is 24.3. The topological polar surface area (TPSA) is 161 Å². The van der Waals surface area contributed by atoms with Gasteiger partial charge in [-0.15, -0.1) is 0 Å². The molecule has 0 fully saturated rings. The van der Waals surface area contributed by atoms with Crippen LogP contribution in [-0.4, -0.2) is 33.0 Å². The number of unbranched alkanes of at least 4 members (excludes halogenated alkanes) is 2. The van der Waals surface area contributed by atoms with Gasteiger partial charge in [-0.05, 0) is 78.9 Å². The molecule has 0 atom stereocenters. The number of sulfonamides is 1. The van der Waals surface area contributed by atoms with E-state index in [0.29, 0.717) is 29.0 Å². The van der Waals surface area contributed by atoms with E-state index < -0.39 is 28.0 Å². The van der Waals surface area contributed by atoms with Crippen LogP contribution in [0.25, 0.3) is 11.1 Å². The third-order valence-corrected chi connectivity index (χ3v) is 7.42. The number of hydrogen-bond donors (Lipinski definition) is 4. The summed E-state index contributed by atoms with van der Waals surface area (Å²) >= 11 is 0. The van der Waals surface area contributed by atoms with Crippen molar-refractivity contribution in [2.45, 2.75) is 30.6 Å². The molecule has 5 N–H and O–H groups in total. The summed E-state index contributed by atoms with van der Waals surface area (Å²) in [7, 11) is -3.89. The summed E-state index contributed by atoms with van der Waals surface area (Å²) in [5.41, 5.74) is 2.58. The number of primary sulfonamides is 1. The molecule has 0 saturated heterocycles. The van der Waals surface area contributed by atoms with Crippen molar-refractivity contribution in [3.05, 3.63) is 114 Å². The Morgan fingerprint density at radius 2 is 1.45 bits per heavy atom. The van der Waals surface area contributed by atoms with E-state index in [1.165, 1.54) is 30.3 Å². The highest BCUT2D eigenvalue weighted by Crippen LogP contribution is 2.28. The second kappa shape index (κ2) is 14.9. The molecular formula is C32H31FN4O6S. The summed E-state index contributed by atoms with van der Waals surface area (Å²) in [6, 6.07) is 25.1. The Labute approximate surface area is 254 Å². The molecule has 0 radical (unpaired) electrons. The summed E-state index contributed by atoms with van der Waals surface area (Å²) in [6.45, 7) is 0.420. The maximum Gasteiger partial charge on any atom is 0.418 e. The number of carbonyl (C=O) groups excluding carboxylic acids is 2. The maximum absolute atomic E-state index is 13.0. The smallest absolute Gasteiger partial charge is 0.410 e. The van der Waals surface area contributed by atoms with Crippen LogP contribution in [0.2, 0.25) is 0 Å². The highest BCUT2D eigenvalue weighted by Gasteiger charge is 2.15. The first-order valence-electron chi connectivity index (χ1n) is 13.7. The minimum atomic E-state index is -3.89. The number of rotatable bonds is 11. The molecule has 0 spiro atoms. The SMILES string of the molecule is N=C(NC(=O)Oc1ccc(F)cc1)c1cccc(CCCCCNC(=O)Oc2ccc(-c3ccccc3S(N)(=O)=O)cc2)c1. The number of nitrogens with one attached hydrogen (secondary N) is 3. The fraction of sp³-hybridized carbons (Fsp3) is 0.156. The first kappa shape index (κ1) is 31.9. The average Bonchev–Trinajstić information content (AvgIpc) is 3.00. The number of halogens is 1. The quantitative estimate of drug-likeness (QED) is 0.0950. The molecule has 4 aromatic rings. The molecule has 4 aromatic carbocycles. The largest absolute Gasteiger partial charge is 0.418 e. The molecule has 2 amide bonds. The van der Waals surface area contributed by atoms with Gasteiger partial charge in [0.05, 0.1) is 4.90 Å². The van der Waals surface area contributed by atoms with E-state index in [9.17, 15) is 22.4 Å². The first-order chi connectivity index (χ1) is 21.1. The summed E-state index contributed by atoms with van der Waals surface area (Å²) < 4.78 is 47.1. The zero-order chi connectivity index (χ0) is 31.5. The number of amides is 2. The number of nitrogens with two attached hydrogens (primary N) is 1. The van der Waals surface area contributed by atoms with Crippen molar-refractivity contribution >= 4 is 28.0 Å². The monoisotopic (exact) mass is 618 g/mol. The predicted molar refractivity (Wildman–Crippen MR) is 164 cm³/mol. The van der Waals surface area contributed by atoms with Crippen LogP contribution in [0.4, 0.5) is 14.0 Å². The fourth-order valence-corrected chi connectivity index (χ4v) is 5.07. The molecule has 0 bridgehead atoms. The fourth-order valence-electron chi connectivity index (χ4n) is 4.31. The van der Waals surface area contributed by atoms with E-state index in [1.807, 2.05) is 12.1 Å². The standard InChI is InChI=1S/C32H31FN4O6S/c33-25-14-18-27(19-15-25)43-32(39)37-30(34)24-9-6-8-22(21-24)7-2-1-5-20-36-31(38)42-26-16-12-23(13-17-26)28-10-3-4-11-29(28)44(35,40)41/h3-4,6,8-19,21H,1-2,5,7,20H2,(H,36,38)(H2,34,37,39)(H2,35,40,41). The van der Waals surface area contributed by atoms with Gasteiger partial charge in [-0.2, -0.15) is 0 Å². The van der Waals surface area contributed by atoms with E-state index in [2.05, 4.69) is 10.6 Å². The zero-order valence-corrected chi connectivity index (χ0v) is 24.4. The van der Waals surface area contributed by atoms with Gasteiger partial charge in [0.15, 0.2) is 0 Å². The van der Waals surface area contributed by atoms with E-state index in [4.69, 9.17) is 20.0 Å². The molecule has 228 valence electrons. The molecule has 4 rings (SSSR count). The van der Waals surface area contributed by atoms with Gasteiger partial charge in [0.2, 0.25) is 10.0 Å². The highest BCUT2D eigenvalue weighted by atomic mass is 32.2.